The Kier molecular flexibility index (Phi) is 6.09. The first kappa shape index (κ1) is 23.8. The fourth-order valence-corrected chi connectivity index (χ4v) is 6.04. The highest BCUT2D eigenvalue weighted by molar-refractivity contribution is 7.97. The van der Waals surface area contributed by atoms with E-state index in [2.05, 4.69) is 60.5 Å². The van der Waals surface area contributed by atoms with E-state index in [1.54, 1.807) is 24.1 Å². The van der Waals surface area contributed by atoms with E-state index in [4.69, 9.17) is 4.74 Å². The van der Waals surface area contributed by atoms with Gasteiger partial charge in [0.25, 0.3) is 0 Å². The molecule has 1 saturated heterocycles. The summed E-state index contributed by atoms with van der Waals surface area (Å²) in [7, 11) is 1.46. The van der Waals surface area contributed by atoms with Crippen molar-refractivity contribution in [1.29, 1.82) is 0 Å². The first-order valence-electron chi connectivity index (χ1n) is 11.9. The lowest BCUT2D eigenvalue weighted by atomic mass is 9.69. The highest BCUT2D eigenvalue weighted by Crippen LogP contribution is 2.47. The third kappa shape index (κ3) is 4.43. The molecule has 35 heavy (non-hydrogen) atoms. The third-order valence-electron chi connectivity index (χ3n) is 6.98. The maximum absolute atomic E-state index is 13.4. The summed E-state index contributed by atoms with van der Waals surface area (Å²) in [4.78, 5) is 14.4. The molecular weight excluding hydrogens is 461 g/mol. The Morgan fingerprint density at radius 1 is 1.11 bits per heavy atom. The predicted octanol–water partition coefficient (Wildman–Crippen LogP) is 5.82. The summed E-state index contributed by atoms with van der Waals surface area (Å²) in [6.07, 6.45) is 5.19. The predicted molar refractivity (Wildman–Crippen MR) is 137 cm³/mol. The van der Waals surface area contributed by atoms with E-state index in [9.17, 15) is 9.18 Å². The summed E-state index contributed by atoms with van der Waals surface area (Å²) < 4.78 is 22.9. The molecule has 5 nitrogen and oxygen atoms in total. The number of fused-ring (bicyclic) bond motifs is 2. The van der Waals surface area contributed by atoms with Crippen molar-refractivity contribution in [1.82, 2.24) is 14.1 Å². The van der Waals surface area contributed by atoms with Crippen molar-refractivity contribution in [3.63, 3.8) is 0 Å². The maximum atomic E-state index is 13.4. The average Bonchev–Trinajstić information content (AvgIpc) is 3.24. The number of ether oxygens (including phenoxy) is 1. The summed E-state index contributed by atoms with van der Waals surface area (Å²) in [5.74, 6) is -0.493. The smallest absolute Gasteiger partial charge is 0.317 e. The zero-order chi connectivity index (χ0) is 24.8. The van der Waals surface area contributed by atoms with Crippen LogP contribution < -0.4 is 0 Å². The SMILES string of the molecule is COC(=O)C12Cc3cnn(-c4ccc(F)cc4)c3C=C1CCN(Sc1ccc(C(C)(C)C)cc1)C2. The molecule has 182 valence electrons. The second-order valence-electron chi connectivity index (χ2n) is 10.3. The van der Waals surface area contributed by atoms with Gasteiger partial charge in [0.05, 0.1) is 24.7 Å². The van der Waals surface area contributed by atoms with Crippen molar-refractivity contribution in [3.8, 4) is 5.69 Å². The van der Waals surface area contributed by atoms with Crippen LogP contribution in [0.15, 0.2) is 65.2 Å². The lowest BCUT2D eigenvalue weighted by Gasteiger charge is -2.43. The number of nitrogens with zero attached hydrogens (tertiary/aromatic N) is 3. The molecule has 1 unspecified atom stereocenters. The number of methoxy groups -OCH3 is 1. The van der Waals surface area contributed by atoms with Crippen LogP contribution in [0.5, 0.6) is 0 Å². The highest BCUT2D eigenvalue weighted by atomic mass is 32.2. The quantitative estimate of drug-likeness (QED) is 0.340. The Morgan fingerprint density at radius 3 is 2.49 bits per heavy atom. The number of piperidine rings is 1. The van der Waals surface area contributed by atoms with Crippen molar-refractivity contribution in [2.75, 3.05) is 20.2 Å². The summed E-state index contributed by atoms with van der Waals surface area (Å²) in [6, 6.07) is 15.0. The van der Waals surface area contributed by atoms with Crippen LogP contribution in [0.25, 0.3) is 11.8 Å². The minimum absolute atomic E-state index is 0.112. The van der Waals surface area contributed by atoms with Crippen LogP contribution in [0, 0.1) is 11.2 Å². The molecule has 1 aliphatic carbocycles. The van der Waals surface area contributed by atoms with Crippen molar-refractivity contribution >= 4 is 24.0 Å². The number of esters is 1. The van der Waals surface area contributed by atoms with E-state index in [-0.39, 0.29) is 17.2 Å². The van der Waals surface area contributed by atoms with Gasteiger partial charge in [0.2, 0.25) is 0 Å². The molecule has 0 spiro atoms. The Labute approximate surface area is 210 Å². The summed E-state index contributed by atoms with van der Waals surface area (Å²) in [6.45, 7) is 8.03. The number of rotatable bonds is 4. The van der Waals surface area contributed by atoms with E-state index >= 15 is 0 Å². The molecule has 7 heteroatoms. The summed E-state index contributed by atoms with van der Waals surface area (Å²) >= 11 is 1.69. The lowest BCUT2D eigenvalue weighted by molar-refractivity contribution is -0.151. The largest absolute Gasteiger partial charge is 0.468 e. The number of aromatic nitrogens is 2. The van der Waals surface area contributed by atoms with Crippen LogP contribution in [-0.2, 0) is 21.4 Å². The zero-order valence-electron chi connectivity index (χ0n) is 20.5. The van der Waals surface area contributed by atoms with E-state index in [1.165, 1.54) is 24.8 Å². The normalized spacial score (nSPS) is 20.1. The molecule has 0 bridgehead atoms. The van der Waals surface area contributed by atoms with Gasteiger partial charge in [0.15, 0.2) is 0 Å². The zero-order valence-corrected chi connectivity index (χ0v) is 21.4. The van der Waals surface area contributed by atoms with Crippen LogP contribution in [0.3, 0.4) is 0 Å². The Hall–Kier alpha value is -2.90. The Morgan fingerprint density at radius 2 is 1.83 bits per heavy atom. The van der Waals surface area contributed by atoms with Gasteiger partial charge >= 0.3 is 5.97 Å². The summed E-state index contributed by atoms with van der Waals surface area (Å²) in [5, 5.41) is 4.57. The minimum Gasteiger partial charge on any atom is -0.468 e. The Balaban J connectivity index is 1.43. The van der Waals surface area contributed by atoms with Gasteiger partial charge in [-0.2, -0.15) is 5.10 Å². The number of carbonyl (C=O) groups is 1. The van der Waals surface area contributed by atoms with Gasteiger partial charge in [-0.1, -0.05) is 32.9 Å². The molecule has 5 rings (SSSR count). The van der Waals surface area contributed by atoms with Crippen molar-refractivity contribution in [3.05, 3.63) is 82.9 Å². The number of hydrogen-bond acceptors (Lipinski definition) is 5. The molecule has 0 saturated carbocycles. The number of hydrogen-bond donors (Lipinski definition) is 0. The molecule has 2 heterocycles. The molecule has 1 fully saturated rings. The third-order valence-corrected chi connectivity index (χ3v) is 8.04. The topological polar surface area (TPSA) is 47.4 Å². The molecule has 3 aromatic rings. The number of halogens is 1. The molecular formula is C28H30FN3O2S. The van der Waals surface area contributed by atoms with Gasteiger partial charge in [0.1, 0.15) is 11.2 Å². The second-order valence-corrected chi connectivity index (χ2v) is 11.5. The number of benzene rings is 2. The van der Waals surface area contributed by atoms with Crippen molar-refractivity contribution < 1.29 is 13.9 Å². The summed E-state index contributed by atoms with van der Waals surface area (Å²) in [5.41, 5.74) is 4.47. The molecule has 1 aromatic heterocycles. The van der Waals surface area contributed by atoms with Crippen molar-refractivity contribution in [2.24, 2.45) is 5.41 Å². The minimum atomic E-state index is -0.741. The van der Waals surface area contributed by atoms with Gasteiger partial charge < -0.3 is 4.74 Å². The van der Waals surface area contributed by atoms with Crippen LogP contribution in [0.1, 0.15) is 44.0 Å². The fourth-order valence-electron chi connectivity index (χ4n) is 5.01. The lowest BCUT2D eigenvalue weighted by Crippen LogP contribution is -2.50. The van der Waals surface area contributed by atoms with Gasteiger partial charge in [-0.05, 0) is 89.4 Å². The number of carbonyl (C=O) groups excluding carboxylic acids is 1. The second kappa shape index (κ2) is 8.95. The maximum Gasteiger partial charge on any atom is 0.317 e. The molecule has 2 aliphatic rings. The highest BCUT2D eigenvalue weighted by Gasteiger charge is 2.49. The molecule has 1 aliphatic heterocycles. The van der Waals surface area contributed by atoms with Crippen LogP contribution >= 0.6 is 11.9 Å². The van der Waals surface area contributed by atoms with E-state index < -0.39 is 5.41 Å². The van der Waals surface area contributed by atoms with Crippen molar-refractivity contribution in [2.45, 2.75) is 43.9 Å². The molecule has 0 radical (unpaired) electrons. The van der Waals surface area contributed by atoms with Gasteiger partial charge in [0, 0.05) is 18.0 Å². The molecule has 0 N–H and O–H groups in total. The van der Waals surface area contributed by atoms with Gasteiger partial charge in [-0.15, -0.1) is 0 Å². The van der Waals surface area contributed by atoms with E-state index in [0.717, 1.165) is 40.4 Å². The van der Waals surface area contributed by atoms with E-state index in [1.807, 2.05) is 10.9 Å². The monoisotopic (exact) mass is 491 g/mol. The van der Waals surface area contributed by atoms with Crippen LogP contribution in [0.2, 0.25) is 0 Å². The van der Waals surface area contributed by atoms with Gasteiger partial charge in [-0.3, -0.25) is 4.79 Å². The molecule has 0 amide bonds. The first-order chi connectivity index (χ1) is 16.7. The average molecular weight is 492 g/mol. The van der Waals surface area contributed by atoms with Crippen LogP contribution in [-0.4, -0.2) is 40.3 Å². The van der Waals surface area contributed by atoms with Gasteiger partial charge in [-0.25, -0.2) is 13.4 Å². The standard InChI is InChI=1S/C28H30FN3O2S/c1-27(2,3)20-5-11-24(12-6-20)35-31-14-13-21-15-25-19(16-28(21,18-31)26(33)34-4)17-30-32(25)23-9-7-22(29)8-10-23/h5-12,15,17H,13-14,16,18H2,1-4H3. The first-order valence-corrected chi connectivity index (χ1v) is 12.6. The molecule has 1 atom stereocenters. The fraction of sp³-hybridized carbons (Fsp3) is 0.357. The van der Waals surface area contributed by atoms with E-state index in [0.29, 0.717) is 13.0 Å². The van der Waals surface area contributed by atoms with Crippen LogP contribution in [0.4, 0.5) is 4.39 Å². The molecule has 2 aromatic carbocycles. The Bertz CT molecular complexity index is 1280.